The van der Waals surface area contributed by atoms with Gasteiger partial charge >= 0.3 is 11.9 Å². The van der Waals surface area contributed by atoms with Crippen molar-refractivity contribution in [3.63, 3.8) is 0 Å². The minimum atomic E-state index is -0.436. The van der Waals surface area contributed by atoms with Crippen LogP contribution < -0.4 is 0 Å². The van der Waals surface area contributed by atoms with Crippen molar-refractivity contribution in [2.24, 2.45) is 5.92 Å². The monoisotopic (exact) mass is 302 g/mol. The third-order valence-corrected chi connectivity index (χ3v) is 3.01. The smallest absolute Gasteiger partial charge is 0.332 e. The van der Waals surface area contributed by atoms with Crippen LogP contribution in [0.2, 0.25) is 0 Å². The molecule has 0 N–H and O–H groups in total. The van der Waals surface area contributed by atoms with E-state index in [4.69, 9.17) is 14.2 Å². The first-order valence-corrected chi connectivity index (χ1v) is 7.99. The van der Waals surface area contributed by atoms with Crippen LogP contribution in [0.15, 0.2) is 0 Å². The first kappa shape index (κ1) is 19.9. The molecule has 21 heavy (non-hydrogen) atoms. The molecule has 0 aromatic carbocycles. The highest BCUT2D eigenvalue weighted by Gasteiger charge is 2.09. The maximum atomic E-state index is 11.4. The van der Waals surface area contributed by atoms with Crippen LogP contribution in [0.1, 0.15) is 59.3 Å². The van der Waals surface area contributed by atoms with E-state index in [-0.39, 0.29) is 13.2 Å². The summed E-state index contributed by atoms with van der Waals surface area (Å²) in [6.45, 7) is 6.67. The Bertz CT molecular complexity index is 278. The van der Waals surface area contributed by atoms with Gasteiger partial charge in [0.15, 0.2) is 0 Å². The molecular weight excluding hydrogens is 272 g/mol. The van der Waals surface area contributed by atoms with Gasteiger partial charge in [-0.25, -0.2) is 9.59 Å². The van der Waals surface area contributed by atoms with Crippen molar-refractivity contribution in [3.05, 3.63) is 0 Å². The summed E-state index contributed by atoms with van der Waals surface area (Å²) in [5.41, 5.74) is 0. The van der Waals surface area contributed by atoms with Gasteiger partial charge in [-0.1, -0.05) is 46.5 Å². The van der Waals surface area contributed by atoms with Crippen molar-refractivity contribution in [3.8, 4) is 0 Å². The zero-order valence-corrected chi connectivity index (χ0v) is 13.7. The second-order valence-corrected chi connectivity index (χ2v) is 5.35. The zero-order valence-electron chi connectivity index (χ0n) is 13.7. The minimum absolute atomic E-state index is 0.201. The molecule has 0 spiro atoms. The van der Waals surface area contributed by atoms with E-state index in [0.717, 1.165) is 38.5 Å². The summed E-state index contributed by atoms with van der Waals surface area (Å²) in [6, 6.07) is 0. The second-order valence-electron chi connectivity index (χ2n) is 5.35. The van der Waals surface area contributed by atoms with Crippen LogP contribution in [-0.2, 0) is 23.8 Å². The molecule has 5 heteroatoms. The lowest BCUT2D eigenvalue weighted by Crippen LogP contribution is -2.20. The average Bonchev–Trinajstić information content (AvgIpc) is 2.45. The normalized spacial score (nSPS) is 12.0. The van der Waals surface area contributed by atoms with Crippen molar-refractivity contribution >= 4 is 11.9 Å². The predicted molar refractivity (Wildman–Crippen MR) is 81.0 cm³/mol. The van der Waals surface area contributed by atoms with E-state index in [1.807, 2.05) is 6.92 Å². The quantitative estimate of drug-likeness (QED) is 0.386. The number of hydrogen-bond acceptors (Lipinski definition) is 5. The van der Waals surface area contributed by atoms with Gasteiger partial charge in [-0.05, 0) is 18.8 Å². The first-order valence-electron chi connectivity index (χ1n) is 7.99. The van der Waals surface area contributed by atoms with Crippen LogP contribution in [-0.4, -0.2) is 38.4 Å². The average molecular weight is 302 g/mol. The molecule has 5 nitrogen and oxygen atoms in total. The van der Waals surface area contributed by atoms with Gasteiger partial charge in [0, 0.05) is 0 Å². The van der Waals surface area contributed by atoms with E-state index in [1.165, 1.54) is 0 Å². The van der Waals surface area contributed by atoms with E-state index in [2.05, 4.69) is 13.8 Å². The molecule has 0 aliphatic rings. The van der Waals surface area contributed by atoms with Crippen molar-refractivity contribution < 1.29 is 23.8 Å². The molecule has 0 aromatic heterocycles. The Morgan fingerprint density at radius 1 is 0.905 bits per heavy atom. The maximum absolute atomic E-state index is 11.4. The number of rotatable bonds is 13. The summed E-state index contributed by atoms with van der Waals surface area (Å²) in [5.74, 6) is -0.514. The highest BCUT2D eigenvalue weighted by molar-refractivity contribution is 5.73. The molecule has 1 unspecified atom stereocenters. The molecule has 0 bridgehead atoms. The van der Waals surface area contributed by atoms with Crippen LogP contribution in [0.25, 0.3) is 0 Å². The van der Waals surface area contributed by atoms with Gasteiger partial charge in [-0.15, -0.1) is 0 Å². The lowest BCUT2D eigenvalue weighted by molar-refractivity contribution is -0.156. The fourth-order valence-corrected chi connectivity index (χ4v) is 1.83. The number of ether oxygens (including phenoxy) is 3. The Morgan fingerprint density at radius 2 is 1.57 bits per heavy atom. The van der Waals surface area contributed by atoms with Crippen LogP contribution >= 0.6 is 0 Å². The van der Waals surface area contributed by atoms with Crippen molar-refractivity contribution in [1.82, 2.24) is 0 Å². The minimum Gasteiger partial charge on any atom is -0.464 e. The molecule has 0 radical (unpaired) electrons. The fourth-order valence-electron chi connectivity index (χ4n) is 1.83. The molecule has 1 atom stereocenters. The van der Waals surface area contributed by atoms with E-state index >= 15 is 0 Å². The molecular formula is C16H30O5. The van der Waals surface area contributed by atoms with Crippen molar-refractivity contribution in [1.29, 1.82) is 0 Å². The molecule has 0 aliphatic carbocycles. The van der Waals surface area contributed by atoms with Crippen LogP contribution in [0.3, 0.4) is 0 Å². The maximum Gasteiger partial charge on any atom is 0.332 e. The highest BCUT2D eigenvalue weighted by atomic mass is 16.6. The number of esters is 2. The lowest BCUT2D eigenvalue weighted by atomic mass is 10.1. The molecule has 124 valence electrons. The van der Waals surface area contributed by atoms with E-state index < -0.39 is 11.9 Å². The third kappa shape index (κ3) is 13.6. The zero-order chi connectivity index (χ0) is 15.9. The molecule has 0 aromatic rings. The molecule has 0 aliphatic heterocycles. The summed E-state index contributed by atoms with van der Waals surface area (Å²) in [4.78, 5) is 22.7. The number of hydrogen-bond donors (Lipinski definition) is 0. The van der Waals surface area contributed by atoms with E-state index in [1.54, 1.807) is 0 Å². The standard InChI is InChI=1S/C16H30O5/c1-4-6-7-8-10-20-15(17)12-19-13-16(18)21-11-14(3)9-5-2/h14H,4-13H2,1-3H3. The van der Waals surface area contributed by atoms with Gasteiger partial charge in [-0.2, -0.15) is 0 Å². The molecule has 0 amide bonds. The summed E-state index contributed by atoms with van der Waals surface area (Å²) < 4.78 is 15.0. The number of carbonyl (C=O) groups excluding carboxylic acids is 2. The first-order chi connectivity index (χ1) is 10.1. The summed E-state index contributed by atoms with van der Waals surface area (Å²) >= 11 is 0. The number of carbonyl (C=O) groups is 2. The van der Waals surface area contributed by atoms with Gasteiger partial charge in [0.25, 0.3) is 0 Å². The Labute approximate surface area is 128 Å². The summed E-state index contributed by atoms with van der Waals surface area (Å²) in [7, 11) is 0. The van der Waals surface area contributed by atoms with Gasteiger partial charge < -0.3 is 14.2 Å². The van der Waals surface area contributed by atoms with Crippen LogP contribution in [0.4, 0.5) is 0 Å². The van der Waals surface area contributed by atoms with Gasteiger partial charge in [0.2, 0.25) is 0 Å². The Hall–Kier alpha value is -1.10. The fraction of sp³-hybridized carbons (Fsp3) is 0.875. The van der Waals surface area contributed by atoms with E-state index in [0.29, 0.717) is 19.1 Å². The van der Waals surface area contributed by atoms with E-state index in [9.17, 15) is 9.59 Å². The van der Waals surface area contributed by atoms with Gasteiger partial charge in [0.05, 0.1) is 13.2 Å². The predicted octanol–water partition coefficient (Wildman–Crippen LogP) is 3.11. The topological polar surface area (TPSA) is 61.8 Å². The second kappa shape index (κ2) is 13.9. The SMILES string of the molecule is CCCCCCOC(=O)COCC(=O)OCC(C)CCC. The molecule has 0 rings (SSSR count). The van der Waals surface area contributed by atoms with Crippen LogP contribution in [0, 0.1) is 5.92 Å². The van der Waals surface area contributed by atoms with Crippen molar-refractivity contribution in [2.45, 2.75) is 59.3 Å². The Morgan fingerprint density at radius 3 is 2.19 bits per heavy atom. The van der Waals surface area contributed by atoms with Crippen LogP contribution in [0.5, 0.6) is 0 Å². The Kier molecular flexibility index (Phi) is 13.1. The largest absolute Gasteiger partial charge is 0.464 e. The van der Waals surface area contributed by atoms with Gasteiger partial charge in [0.1, 0.15) is 13.2 Å². The molecule has 0 fully saturated rings. The Balaban J connectivity index is 3.46. The summed E-state index contributed by atoms with van der Waals surface area (Å²) in [6.07, 6.45) is 6.33. The summed E-state index contributed by atoms with van der Waals surface area (Å²) in [5, 5.41) is 0. The molecule has 0 heterocycles. The third-order valence-electron chi connectivity index (χ3n) is 3.01. The van der Waals surface area contributed by atoms with Gasteiger partial charge in [-0.3, -0.25) is 0 Å². The highest BCUT2D eigenvalue weighted by Crippen LogP contribution is 2.05. The molecule has 0 saturated heterocycles. The lowest BCUT2D eigenvalue weighted by Gasteiger charge is -2.11. The number of unbranched alkanes of at least 4 members (excludes halogenated alkanes) is 3. The van der Waals surface area contributed by atoms with Crippen molar-refractivity contribution in [2.75, 3.05) is 26.4 Å². The molecule has 0 saturated carbocycles.